The third kappa shape index (κ3) is 1.93. The minimum Gasteiger partial charge on any atom is -0.493 e. The number of aryl methyl sites for hydroxylation is 1. The molecule has 0 aromatic heterocycles. The summed E-state index contributed by atoms with van der Waals surface area (Å²) in [4.78, 5) is 16.8. The van der Waals surface area contributed by atoms with Crippen molar-refractivity contribution in [1.82, 2.24) is 0 Å². The molecule has 0 bridgehead atoms. The molecule has 5 nitrogen and oxygen atoms in total. The van der Waals surface area contributed by atoms with Gasteiger partial charge in [0.25, 0.3) is 5.91 Å². The number of ether oxygens (including phenoxy) is 2. The van der Waals surface area contributed by atoms with Gasteiger partial charge in [0, 0.05) is 12.5 Å². The summed E-state index contributed by atoms with van der Waals surface area (Å²) in [6.07, 6.45) is 1.13. The molecule has 0 saturated heterocycles. The second-order valence-corrected chi connectivity index (χ2v) is 3.71. The molecule has 0 aliphatic carbocycles. The Bertz CT molecular complexity index is 444. The Morgan fingerprint density at radius 2 is 1.71 bits per heavy atom. The number of fused-ring (bicyclic) bond motifs is 1. The van der Waals surface area contributed by atoms with Crippen LogP contribution in [0.25, 0.3) is 0 Å². The van der Waals surface area contributed by atoms with Crippen molar-refractivity contribution >= 4 is 11.6 Å². The Balaban J connectivity index is 2.52. The largest absolute Gasteiger partial charge is 0.493 e. The van der Waals surface area contributed by atoms with Gasteiger partial charge in [0.1, 0.15) is 0 Å². The van der Waals surface area contributed by atoms with Crippen LogP contribution in [-0.2, 0) is 16.1 Å². The Labute approximate surface area is 99.8 Å². The number of hydrogen-bond donors (Lipinski definition) is 0. The van der Waals surface area contributed by atoms with E-state index in [0.29, 0.717) is 24.3 Å². The lowest BCUT2D eigenvalue weighted by molar-refractivity contribution is -0.125. The Hall–Kier alpha value is -1.75. The van der Waals surface area contributed by atoms with Crippen molar-refractivity contribution in [3.63, 3.8) is 0 Å². The number of methoxy groups -OCH3 is 2. The highest BCUT2D eigenvalue weighted by atomic mass is 16.7. The summed E-state index contributed by atoms with van der Waals surface area (Å²) in [6.45, 7) is 0. The first-order valence-electron chi connectivity index (χ1n) is 5.33. The Morgan fingerprint density at radius 1 is 1.06 bits per heavy atom. The number of hydrogen-bond acceptors (Lipinski definition) is 4. The standard InChI is InChI=1S/C12H15NO4/c1-15-10-6-8-4-5-12(14)13(17-3)9(8)7-11(10)16-2/h6-7H,4-5H2,1-3H3. The lowest BCUT2D eigenvalue weighted by atomic mass is 10.0. The number of nitrogens with zero attached hydrogens (tertiary/aromatic N) is 1. The molecule has 5 heteroatoms. The highest BCUT2D eigenvalue weighted by Gasteiger charge is 2.26. The van der Waals surface area contributed by atoms with Gasteiger partial charge in [0.05, 0.1) is 27.0 Å². The second-order valence-electron chi connectivity index (χ2n) is 3.71. The minimum absolute atomic E-state index is 0.0489. The van der Waals surface area contributed by atoms with E-state index in [4.69, 9.17) is 14.3 Å². The van der Waals surface area contributed by atoms with Crippen molar-refractivity contribution in [1.29, 1.82) is 0 Å². The molecule has 2 rings (SSSR count). The quantitative estimate of drug-likeness (QED) is 0.800. The first kappa shape index (κ1) is 11.7. The lowest BCUT2D eigenvalue weighted by Crippen LogP contribution is -2.34. The van der Waals surface area contributed by atoms with Crippen LogP contribution in [0.5, 0.6) is 11.5 Å². The molecule has 0 radical (unpaired) electrons. The third-order valence-corrected chi connectivity index (χ3v) is 2.82. The number of amides is 1. The number of rotatable bonds is 3. The molecule has 1 aromatic carbocycles. The molecule has 1 aliphatic heterocycles. The summed E-state index contributed by atoms with van der Waals surface area (Å²) >= 11 is 0. The summed E-state index contributed by atoms with van der Waals surface area (Å²) in [5.74, 6) is 1.20. The first-order valence-corrected chi connectivity index (χ1v) is 5.33. The number of hydroxylamine groups is 1. The number of benzene rings is 1. The van der Waals surface area contributed by atoms with E-state index in [0.717, 1.165) is 11.3 Å². The number of anilines is 1. The van der Waals surface area contributed by atoms with Crippen LogP contribution < -0.4 is 14.5 Å². The zero-order chi connectivity index (χ0) is 12.4. The zero-order valence-electron chi connectivity index (χ0n) is 10.1. The molecule has 0 fully saturated rings. The molecule has 0 atom stereocenters. The van der Waals surface area contributed by atoms with Gasteiger partial charge in [-0.3, -0.25) is 9.63 Å². The fraction of sp³-hybridized carbons (Fsp3) is 0.417. The molecular weight excluding hydrogens is 222 g/mol. The van der Waals surface area contributed by atoms with Gasteiger partial charge in [0.15, 0.2) is 11.5 Å². The van der Waals surface area contributed by atoms with E-state index < -0.39 is 0 Å². The molecule has 1 heterocycles. The van der Waals surface area contributed by atoms with E-state index in [9.17, 15) is 4.79 Å². The summed E-state index contributed by atoms with van der Waals surface area (Å²) in [5.41, 5.74) is 1.74. The van der Waals surface area contributed by atoms with Crippen LogP contribution in [0.4, 0.5) is 5.69 Å². The van der Waals surface area contributed by atoms with Crippen molar-refractivity contribution in [2.75, 3.05) is 26.4 Å². The average Bonchev–Trinajstić information content (AvgIpc) is 2.37. The average molecular weight is 237 g/mol. The molecule has 0 spiro atoms. The lowest BCUT2D eigenvalue weighted by Gasteiger charge is -2.27. The van der Waals surface area contributed by atoms with Gasteiger partial charge in [-0.1, -0.05) is 0 Å². The van der Waals surface area contributed by atoms with Crippen LogP contribution in [0.15, 0.2) is 12.1 Å². The minimum atomic E-state index is -0.0489. The van der Waals surface area contributed by atoms with Crippen LogP contribution in [0, 0.1) is 0 Å². The third-order valence-electron chi connectivity index (χ3n) is 2.82. The normalized spacial score (nSPS) is 14.5. The molecular formula is C12H15NO4. The molecule has 1 amide bonds. The summed E-state index contributed by atoms with van der Waals surface area (Å²) in [6, 6.07) is 3.64. The maximum absolute atomic E-state index is 11.7. The summed E-state index contributed by atoms with van der Waals surface area (Å²) in [5, 5.41) is 1.29. The second kappa shape index (κ2) is 4.63. The van der Waals surface area contributed by atoms with Gasteiger partial charge in [-0.25, -0.2) is 0 Å². The zero-order valence-corrected chi connectivity index (χ0v) is 10.1. The van der Waals surface area contributed by atoms with E-state index in [1.807, 2.05) is 6.07 Å². The monoisotopic (exact) mass is 237 g/mol. The first-order chi connectivity index (χ1) is 8.21. The summed E-state index contributed by atoms with van der Waals surface area (Å²) in [7, 11) is 4.63. The molecule has 1 aromatic rings. The van der Waals surface area contributed by atoms with Crippen LogP contribution in [0.1, 0.15) is 12.0 Å². The fourth-order valence-corrected chi connectivity index (χ4v) is 1.98. The fourth-order valence-electron chi connectivity index (χ4n) is 1.98. The SMILES string of the molecule is COc1cc2c(cc1OC)N(OC)C(=O)CC2. The molecule has 17 heavy (non-hydrogen) atoms. The van der Waals surface area contributed by atoms with Gasteiger partial charge >= 0.3 is 0 Å². The highest BCUT2D eigenvalue weighted by molar-refractivity contribution is 5.95. The van der Waals surface area contributed by atoms with E-state index >= 15 is 0 Å². The molecule has 92 valence electrons. The van der Waals surface area contributed by atoms with E-state index in [-0.39, 0.29) is 5.91 Å². The maximum atomic E-state index is 11.7. The van der Waals surface area contributed by atoms with E-state index in [1.54, 1.807) is 20.3 Å². The van der Waals surface area contributed by atoms with Crippen molar-refractivity contribution < 1.29 is 19.1 Å². The van der Waals surface area contributed by atoms with E-state index in [2.05, 4.69) is 0 Å². The molecule has 0 N–H and O–H groups in total. The van der Waals surface area contributed by atoms with Crippen molar-refractivity contribution in [3.8, 4) is 11.5 Å². The van der Waals surface area contributed by atoms with Crippen LogP contribution in [0.3, 0.4) is 0 Å². The molecule has 0 saturated carbocycles. The Kier molecular flexibility index (Phi) is 3.19. The van der Waals surface area contributed by atoms with Crippen molar-refractivity contribution in [3.05, 3.63) is 17.7 Å². The van der Waals surface area contributed by atoms with Crippen LogP contribution >= 0.6 is 0 Å². The van der Waals surface area contributed by atoms with Crippen molar-refractivity contribution in [2.24, 2.45) is 0 Å². The smallest absolute Gasteiger partial charge is 0.251 e. The van der Waals surface area contributed by atoms with Gasteiger partial charge < -0.3 is 9.47 Å². The molecule has 0 unspecified atom stereocenters. The summed E-state index contributed by atoms with van der Waals surface area (Å²) < 4.78 is 10.4. The topological polar surface area (TPSA) is 48.0 Å². The Morgan fingerprint density at radius 3 is 2.29 bits per heavy atom. The maximum Gasteiger partial charge on any atom is 0.251 e. The van der Waals surface area contributed by atoms with Crippen LogP contribution in [-0.4, -0.2) is 27.2 Å². The van der Waals surface area contributed by atoms with Gasteiger partial charge in [0.2, 0.25) is 0 Å². The van der Waals surface area contributed by atoms with Gasteiger partial charge in [-0.2, -0.15) is 5.06 Å². The van der Waals surface area contributed by atoms with Gasteiger partial charge in [-0.15, -0.1) is 0 Å². The number of carbonyl (C=O) groups excluding carboxylic acids is 1. The number of carbonyl (C=O) groups is 1. The highest BCUT2D eigenvalue weighted by Crippen LogP contribution is 2.38. The van der Waals surface area contributed by atoms with Crippen molar-refractivity contribution in [2.45, 2.75) is 12.8 Å². The van der Waals surface area contributed by atoms with Gasteiger partial charge in [-0.05, 0) is 18.1 Å². The predicted molar refractivity (Wildman–Crippen MR) is 62.4 cm³/mol. The predicted octanol–water partition coefficient (Wildman–Crippen LogP) is 1.54. The van der Waals surface area contributed by atoms with Crippen LogP contribution in [0.2, 0.25) is 0 Å². The van der Waals surface area contributed by atoms with E-state index in [1.165, 1.54) is 12.2 Å². The molecule has 1 aliphatic rings.